The van der Waals surface area contributed by atoms with E-state index < -0.39 is 5.82 Å². The van der Waals surface area contributed by atoms with E-state index in [0.29, 0.717) is 12.0 Å². The standard InChI is InChI=1S/C16H17FN2O2/c1-2-19-11-14(10-18-19)12-21-16-9-13(5-3-4-8-20)6-7-15(16)17/h6-7,9-11,20H,2,4,8,12H2,1H3. The van der Waals surface area contributed by atoms with E-state index in [0.717, 1.165) is 12.1 Å². The Balaban J connectivity index is 2.05. The Bertz CT molecular complexity index is 656. The van der Waals surface area contributed by atoms with Crippen LogP contribution in [-0.2, 0) is 13.2 Å². The molecular formula is C16H17FN2O2. The Kier molecular flexibility index (Phi) is 5.35. The molecule has 0 aliphatic carbocycles. The van der Waals surface area contributed by atoms with Crippen LogP contribution in [0, 0.1) is 17.7 Å². The highest BCUT2D eigenvalue weighted by Gasteiger charge is 2.05. The smallest absolute Gasteiger partial charge is 0.165 e. The Labute approximate surface area is 123 Å². The molecule has 0 atom stereocenters. The minimum absolute atomic E-state index is 0.0129. The maximum Gasteiger partial charge on any atom is 0.165 e. The highest BCUT2D eigenvalue weighted by Crippen LogP contribution is 2.19. The monoisotopic (exact) mass is 288 g/mol. The van der Waals surface area contributed by atoms with E-state index in [4.69, 9.17) is 9.84 Å². The summed E-state index contributed by atoms with van der Waals surface area (Å²) in [6.45, 7) is 3.04. The van der Waals surface area contributed by atoms with Gasteiger partial charge in [-0.25, -0.2) is 4.39 Å². The van der Waals surface area contributed by atoms with Crippen molar-refractivity contribution in [3.8, 4) is 17.6 Å². The third-order valence-electron chi connectivity index (χ3n) is 2.81. The molecule has 0 aliphatic heterocycles. The highest BCUT2D eigenvalue weighted by molar-refractivity contribution is 5.40. The van der Waals surface area contributed by atoms with Crippen LogP contribution in [0.2, 0.25) is 0 Å². The van der Waals surface area contributed by atoms with E-state index in [2.05, 4.69) is 16.9 Å². The molecule has 1 aromatic carbocycles. The first kappa shape index (κ1) is 15.1. The van der Waals surface area contributed by atoms with Crippen molar-refractivity contribution in [1.29, 1.82) is 0 Å². The van der Waals surface area contributed by atoms with Crippen LogP contribution in [0.15, 0.2) is 30.6 Å². The molecule has 2 rings (SSSR count). The van der Waals surface area contributed by atoms with E-state index in [1.54, 1.807) is 23.0 Å². The van der Waals surface area contributed by atoms with Gasteiger partial charge in [-0.05, 0) is 25.1 Å². The van der Waals surface area contributed by atoms with Gasteiger partial charge in [0.15, 0.2) is 11.6 Å². The van der Waals surface area contributed by atoms with E-state index in [1.807, 2.05) is 13.1 Å². The fraction of sp³-hybridized carbons (Fsp3) is 0.312. The number of hydrogen-bond donors (Lipinski definition) is 1. The number of aromatic nitrogens is 2. The number of ether oxygens (including phenoxy) is 1. The van der Waals surface area contributed by atoms with Gasteiger partial charge in [0.05, 0.1) is 12.8 Å². The number of benzene rings is 1. The molecule has 1 heterocycles. The predicted octanol–water partition coefficient (Wildman–Crippen LogP) is 2.36. The lowest BCUT2D eigenvalue weighted by Gasteiger charge is -2.06. The molecule has 21 heavy (non-hydrogen) atoms. The summed E-state index contributed by atoms with van der Waals surface area (Å²) < 4.78 is 21.0. The normalized spacial score (nSPS) is 10.0. The van der Waals surface area contributed by atoms with Gasteiger partial charge in [0.25, 0.3) is 0 Å². The molecule has 1 aromatic heterocycles. The molecule has 5 heteroatoms. The largest absolute Gasteiger partial charge is 0.486 e. The first-order valence-corrected chi connectivity index (χ1v) is 6.76. The van der Waals surface area contributed by atoms with Crippen LogP contribution in [0.3, 0.4) is 0 Å². The van der Waals surface area contributed by atoms with Gasteiger partial charge in [0, 0.05) is 30.3 Å². The first-order valence-electron chi connectivity index (χ1n) is 6.76. The van der Waals surface area contributed by atoms with Gasteiger partial charge in [0.1, 0.15) is 6.61 Å². The summed E-state index contributed by atoms with van der Waals surface area (Å²) in [6.07, 6.45) is 3.96. The van der Waals surface area contributed by atoms with Crippen molar-refractivity contribution >= 4 is 0 Å². The van der Waals surface area contributed by atoms with Gasteiger partial charge < -0.3 is 9.84 Å². The van der Waals surface area contributed by atoms with Crippen molar-refractivity contribution in [1.82, 2.24) is 9.78 Å². The maximum atomic E-state index is 13.7. The fourth-order valence-corrected chi connectivity index (χ4v) is 1.73. The number of rotatable bonds is 5. The third kappa shape index (κ3) is 4.33. The molecule has 0 saturated heterocycles. The summed E-state index contributed by atoms with van der Waals surface area (Å²) in [4.78, 5) is 0. The highest BCUT2D eigenvalue weighted by atomic mass is 19.1. The Morgan fingerprint density at radius 3 is 3.00 bits per heavy atom. The summed E-state index contributed by atoms with van der Waals surface area (Å²) in [7, 11) is 0. The van der Waals surface area contributed by atoms with Crippen molar-refractivity contribution in [2.75, 3.05) is 6.61 Å². The molecule has 2 aromatic rings. The number of halogens is 1. The van der Waals surface area contributed by atoms with Crippen LogP contribution in [-0.4, -0.2) is 21.5 Å². The molecule has 1 N–H and O–H groups in total. The molecule has 0 spiro atoms. The van der Waals surface area contributed by atoms with Gasteiger partial charge in [-0.2, -0.15) is 5.10 Å². The topological polar surface area (TPSA) is 47.3 Å². The molecular weight excluding hydrogens is 271 g/mol. The second kappa shape index (κ2) is 7.46. The number of nitrogens with zero attached hydrogens (tertiary/aromatic N) is 2. The lowest BCUT2D eigenvalue weighted by molar-refractivity contribution is 0.290. The minimum atomic E-state index is -0.425. The number of aliphatic hydroxyl groups excluding tert-OH is 1. The summed E-state index contributed by atoms with van der Waals surface area (Å²) in [5.74, 6) is 5.38. The zero-order chi connectivity index (χ0) is 15.1. The SMILES string of the molecule is CCn1cc(COc2cc(C#CCCO)ccc2F)cn1. The molecule has 110 valence electrons. The van der Waals surface area contributed by atoms with Gasteiger partial charge >= 0.3 is 0 Å². The second-order valence-electron chi connectivity index (χ2n) is 4.41. The van der Waals surface area contributed by atoms with Gasteiger partial charge in [-0.1, -0.05) is 11.8 Å². The van der Waals surface area contributed by atoms with Gasteiger partial charge in [-0.15, -0.1) is 0 Å². The van der Waals surface area contributed by atoms with Gasteiger partial charge in [0.2, 0.25) is 0 Å². The van der Waals surface area contributed by atoms with E-state index in [-0.39, 0.29) is 19.0 Å². The van der Waals surface area contributed by atoms with Crippen molar-refractivity contribution in [3.63, 3.8) is 0 Å². The zero-order valence-corrected chi connectivity index (χ0v) is 11.8. The third-order valence-corrected chi connectivity index (χ3v) is 2.81. The average molecular weight is 288 g/mol. The van der Waals surface area contributed by atoms with Crippen molar-refractivity contribution in [2.24, 2.45) is 0 Å². The second-order valence-corrected chi connectivity index (χ2v) is 4.41. The number of aryl methyl sites for hydroxylation is 1. The van der Waals surface area contributed by atoms with E-state index in [1.165, 1.54) is 6.07 Å². The Hall–Kier alpha value is -2.32. The lowest BCUT2D eigenvalue weighted by Crippen LogP contribution is -1.97. The lowest BCUT2D eigenvalue weighted by atomic mass is 10.2. The van der Waals surface area contributed by atoms with Gasteiger partial charge in [-0.3, -0.25) is 4.68 Å². The quantitative estimate of drug-likeness (QED) is 0.859. The first-order chi connectivity index (χ1) is 10.2. The average Bonchev–Trinajstić information content (AvgIpc) is 2.96. The molecule has 0 unspecified atom stereocenters. The number of hydrogen-bond acceptors (Lipinski definition) is 3. The Morgan fingerprint density at radius 2 is 2.29 bits per heavy atom. The van der Waals surface area contributed by atoms with Crippen LogP contribution in [0.5, 0.6) is 5.75 Å². The number of aliphatic hydroxyl groups is 1. The molecule has 0 fully saturated rings. The minimum Gasteiger partial charge on any atom is -0.486 e. The molecule has 0 aliphatic rings. The zero-order valence-electron chi connectivity index (χ0n) is 11.8. The predicted molar refractivity (Wildman–Crippen MR) is 77.2 cm³/mol. The van der Waals surface area contributed by atoms with Crippen LogP contribution >= 0.6 is 0 Å². The molecule has 4 nitrogen and oxygen atoms in total. The summed E-state index contributed by atoms with van der Waals surface area (Å²) in [5, 5.41) is 12.8. The maximum absolute atomic E-state index is 13.7. The Morgan fingerprint density at radius 1 is 1.43 bits per heavy atom. The molecule has 0 amide bonds. The summed E-state index contributed by atoms with van der Waals surface area (Å²) >= 11 is 0. The van der Waals surface area contributed by atoms with Crippen molar-refractivity contribution in [2.45, 2.75) is 26.5 Å². The van der Waals surface area contributed by atoms with Crippen LogP contribution in [0.25, 0.3) is 0 Å². The molecule has 0 saturated carbocycles. The van der Waals surface area contributed by atoms with E-state index in [9.17, 15) is 4.39 Å². The van der Waals surface area contributed by atoms with Crippen molar-refractivity contribution in [3.05, 3.63) is 47.5 Å². The molecule has 0 radical (unpaired) electrons. The van der Waals surface area contributed by atoms with Crippen LogP contribution in [0.1, 0.15) is 24.5 Å². The van der Waals surface area contributed by atoms with Crippen LogP contribution in [0.4, 0.5) is 4.39 Å². The van der Waals surface area contributed by atoms with E-state index >= 15 is 0 Å². The summed E-state index contributed by atoms with van der Waals surface area (Å²) in [6, 6.07) is 4.47. The van der Waals surface area contributed by atoms with Crippen LogP contribution < -0.4 is 4.74 Å². The molecule has 0 bridgehead atoms. The van der Waals surface area contributed by atoms with Crippen molar-refractivity contribution < 1.29 is 14.2 Å². The summed E-state index contributed by atoms with van der Waals surface area (Å²) in [5.41, 5.74) is 1.54. The fourth-order valence-electron chi connectivity index (χ4n) is 1.73.